The normalized spacial score (nSPS) is 16.6. The van der Waals surface area contributed by atoms with Crippen molar-refractivity contribution < 1.29 is 14.3 Å². The molecule has 0 spiro atoms. The number of benzene rings is 2. The second-order valence-electron chi connectivity index (χ2n) is 7.81. The number of nitrogens with zero attached hydrogens (tertiary/aromatic N) is 2. The second kappa shape index (κ2) is 10.8. The summed E-state index contributed by atoms with van der Waals surface area (Å²) in [6.45, 7) is 5.25. The zero-order valence-electron chi connectivity index (χ0n) is 17.7. The molecule has 0 unspecified atom stereocenters. The number of unbranched alkanes of at least 4 members (excludes halogenated alkanes) is 1. The van der Waals surface area contributed by atoms with E-state index in [1.807, 2.05) is 53.4 Å². The van der Waals surface area contributed by atoms with Crippen molar-refractivity contribution in [1.82, 2.24) is 4.90 Å². The average Bonchev–Trinajstić information content (AvgIpc) is 2.82. The van der Waals surface area contributed by atoms with Crippen LogP contribution >= 0.6 is 11.8 Å². The number of amides is 2. The molecule has 164 valence electrons. The smallest absolute Gasteiger partial charge is 0.258 e. The lowest BCUT2D eigenvalue weighted by Crippen LogP contribution is -2.36. The molecule has 2 aliphatic rings. The molecular formula is C24H29N3O3S. The molecule has 7 heteroatoms. The molecule has 4 rings (SSSR count). The highest BCUT2D eigenvalue weighted by molar-refractivity contribution is 7.99. The van der Waals surface area contributed by atoms with Gasteiger partial charge in [0.1, 0.15) is 0 Å². The van der Waals surface area contributed by atoms with Crippen molar-refractivity contribution in [2.24, 2.45) is 0 Å². The number of rotatable bonds is 7. The van der Waals surface area contributed by atoms with Crippen LogP contribution in [0.2, 0.25) is 0 Å². The summed E-state index contributed by atoms with van der Waals surface area (Å²) < 4.78 is 5.37. The van der Waals surface area contributed by atoms with Crippen LogP contribution in [0.4, 0.5) is 11.4 Å². The number of ether oxygens (including phenoxy) is 1. The van der Waals surface area contributed by atoms with Crippen molar-refractivity contribution in [1.29, 1.82) is 0 Å². The molecule has 2 heterocycles. The van der Waals surface area contributed by atoms with Crippen LogP contribution in [0.5, 0.6) is 0 Å². The van der Waals surface area contributed by atoms with Gasteiger partial charge in [-0.15, -0.1) is 11.8 Å². The summed E-state index contributed by atoms with van der Waals surface area (Å²) in [5.41, 5.74) is 2.29. The maximum atomic E-state index is 13.0. The molecule has 0 aliphatic carbocycles. The highest BCUT2D eigenvalue weighted by atomic mass is 32.2. The summed E-state index contributed by atoms with van der Waals surface area (Å²) in [4.78, 5) is 30.7. The lowest BCUT2D eigenvalue weighted by molar-refractivity contribution is -0.116. The topological polar surface area (TPSA) is 61.9 Å². The summed E-state index contributed by atoms with van der Waals surface area (Å²) in [5.74, 6) is 0.875. The minimum absolute atomic E-state index is 0.00580. The van der Waals surface area contributed by atoms with Gasteiger partial charge in [-0.05, 0) is 49.7 Å². The van der Waals surface area contributed by atoms with Crippen LogP contribution < -0.4 is 10.2 Å². The largest absolute Gasteiger partial charge is 0.379 e. The molecule has 1 N–H and O–H groups in total. The lowest BCUT2D eigenvalue weighted by Gasteiger charge is -2.29. The highest BCUT2D eigenvalue weighted by Gasteiger charge is 2.24. The highest BCUT2D eigenvalue weighted by Crippen LogP contribution is 2.37. The molecule has 1 fully saturated rings. The van der Waals surface area contributed by atoms with Gasteiger partial charge >= 0.3 is 0 Å². The van der Waals surface area contributed by atoms with Gasteiger partial charge in [0.15, 0.2) is 0 Å². The molecule has 0 atom stereocenters. The molecule has 2 aliphatic heterocycles. The third kappa shape index (κ3) is 5.87. The Bertz CT molecular complexity index is 900. The lowest BCUT2D eigenvalue weighted by atomic mass is 10.1. The first kappa shape index (κ1) is 21.9. The van der Waals surface area contributed by atoms with E-state index < -0.39 is 0 Å². The Morgan fingerprint density at radius 1 is 1.00 bits per heavy atom. The second-order valence-corrected chi connectivity index (χ2v) is 8.95. The van der Waals surface area contributed by atoms with Crippen molar-refractivity contribution >= 4 is 35.0 Å². The fraction of sp³-hybridized carbons (Fsp3) is 0.417. The number of carbonyl (C=O) groups excluding carboxylic acids is 2. The Kier molecular flexibility index (Phi) is 7.61. The van der Waals surface area contributed by atoms with Crippen molar-refractivity contribution in [2.45, 2.75) is 24.2 Å². The molecule has 31 heavy (non-hydrogen) atoms. The van der Waals surface area contributed by atoms with E-state index >= 15 is 0 Å². The van der Waals surface area contributed by atoms with E-state index in [1.54, 1.807) is 11.8 Å². The quantitative estimate of drug-likeness (QED) is 0.664. The van der Waals surface area contributed by atoms with E-state index in [9.17, 15) is 9.59 Å². The maximum absolute atomic E-state index is 13.0. The van der Waals surface area contributed by atoms with Gasteiger partial charge in [-0.1, -0.05) is 18.2 Å². The molecule has 2 amide bonds. The average molecular weight is 440 g/mol. The SMILES string of the molecule is O=C(CCCCN1CCOCC1)Nc1ccc2c(c1)N(C(=O)c1ccccc1)CCS2. The number of carbonyl (C=O) groups is 2. The van der Waals surface area contributed by atoms with E-state index in [1.165, 1.54) is 0 Å². The zero-order valence-corrected chi connectivity index (χ0v) is 18.5. The van der Waals surface area contributed by atoms with Crippen molar-refractivity contribution in [2.75, 3.05) is 55.4 Å². The number of nitrogens with one attached hydrogen (secondary N) is 1. The van der Waals surface area contributed by atoms with Gasteiger partial charge in [0, 0.05) is 48.0 Å². The molecule has 0 radical (unpaired) electrons. The Labute approximate surface area is 187 Å². The van der Waals surface area contributed by atoms with Crippen LogP contribution in [0.3, 0.4) is 0 Å². The summed E-state index contributed by atoms with van der Waals surface area (Å²) in [6, 6.07) is 15.2. The number of hydrogen-bond acceptors (Lipinski definition) is 5. The standard InChI is InChI=1S/C24H29N3O3S/c28-23(8-4-5-11-26-12-15-30-16-13-26)25-20-9-10-22-21(18-20)27(14-17-31-22)24(29)19-6-2-1-3-7-19/h1-3,6-7,9-10,18H,4-5,8,11-17H2,(H,25,28). The molecular weight excluding hydrogens is 410 g/mol. The minimum atomic E-state index is -0.00580. The summed E-state index contributed by atoms with van der Waals surface area (Å²) in [6.07, 6.45) is 2.37. The van der Waals surface area contributed by atoms with Gasteiger partial charge in [0.2, 0.25) is 5.91 Å². The van der Waals surface area contributed by atoms with Gasteiger partial charge in [0.05, 0.1) is 18.9 Å². The molecule has 6 nitrogen and oxygen atoms in total. The summed E-state index contributed by atoms with van der Waals surface area (Å²) >= 11 is 1.74. The number of anilines is 2. The van der Waals surface area contributed by atoms with Crippen molar-refractivity contribution in [3.05, 3.63) is 54.1 Å². The number of morpholine rings is 1. The van der Waals surface area contributed by atoms with Gasteiger partial charge in [-0.2, -0.15) is 0 Å². The number of fused-ring (bicyclic) bond motifs is 1. The molecule has 1 saturated heterocycles. The molecule has 0 aromatic heterocycles. The van der Waals surface area contributed by atoms with Crippen LogP contribution in [0.1, 0.15) is 29.6 Å². The third-order valence-electron chi connectivity index (χ3n) is 5.60. The van der Waals surface area contributed by atoms with Gasteiger partial charge < -0.3 is 15.0 Å². The Morgan fingerprint density at radius 3 is 2.61 bits per heavy atom. The van der Waals surface area contributed by atoms with E-state index in [0.29, 0.717) is 18.5 Å². The Balaban J connectivity index is 1.33. The molecule has 2 aromatic carbocycles. The monoisotopic (exact) mass is 439 g/mol. The Morgan fingerprint density at radius 2 is 1.81 bits per heavy atom. The summed E-state index contributed by atoms with van der Waals surface area (Å²) in [7, 11) is 0. The van der Waals surface area contributed by atoms with Crippen LogP contribution in [0.25, 0.3) is 0 Å². The first-order valence-electron chi connectivity index (χ1n) is 10.9. The van der Waals surface area contributed by atoms with E-state index in [2.05, 4.69) is 10.2 Å². The van der Waals surface area contributed by atoms with Crippen LogP contribution in [-0.4, -0.2) is 61.9 Å². The maximum Gasteiger partial charge on any atom is 0.258 e. The third-order valence-corrected chi connectivity index (χ3v) is 6.65. The van der Waals surface area contributed by atoms with E-state index in [0.717, 1.165) is 67.7 Å². The van der Waals surface area contributed by atoms with Gasteiger partial charge in [-0.3, -0.25) is 14.5 Å². The fourth-order valence-corrected chi connectivity index (χ4v) is 4.89. The molecule has 0 bridgehead atoms. The molecule has 0 saturated carbocycles. The van der Waals surface area contributed by atoms with Crippen molar-refractivity contribution in [3.63, 3.8) is 0 Å². The first-order valence-corrected chi connectivity index (χ1v) is 11.9. The Hall–Kier alpha value is -2.35. The summed E-state index contributed by atoms with van der Waals surface area (Å²) in [5, 5.41) is 3.01. The first-order chi connectivity index (χ1) is 15.2. The van der Waals surface area contributed by atoms with Gasteiger partial charge in [0.25, 0.3) is 5.91 Å². The minimum Gasteiger partial charge on any atom is -0.379 e. The van der Waals surface area contributed by atoms with Crippen molar-refractivity contribution in [3.8, 4) is 0 Å². The van der Waals surface area contributed by atoms with E-state index in [-0.39, 0.29) is 11.8 Å². The van der Waals surface area contributed by atoms with Crippen LogP contribution in [0.15, 0.2) is 53.4 Å². The number of thioether (sulfide) groups is 1. The van der Waals surface area contributed by atoms with Gasteiger partial charge in [-0.25, -0.2) is 0 Å². The van der Waals surface area contributed by atoms with Crippen LogP contribution in [0, 0.1) is 0 Å². The molecule has 2 aromatic rings. The van der Waals surface area contributed by atoms with Crippen LogP contribution in [-0.2, 0) is 9.53 Å². The number of hydrogen-bond donors (Lipinski definition) is 1. The zero-order chi connectivity index (χ0) is 21.5. The fourth-order valence-electron chi connectivity index (χ4n) is 3.91. The predicted octanol–water partition coefficient (Wildman–Crippen LogP) is 3.88. The predicted molar refractivity (Wildman–Crippen MR) is 125 cm³/mol. The van der Waals surface area contributed by atoms with E-state index in [4.69, 9.17) is 4.74 Å².